The van der Waals surface area contributed by atoms with Crippen LogP contribution in [-0.2, 0) is 19.9 Å². The van der Waals surface area contributed by atoms with Crippen LogP contribution in [0.25, 0.3) is 0 Å². The third-order valence-electron chi connectivity index (χ3n) is 2.82. The second-order valence-electron chi connectivity index (χ2n) is 4.18. The maximum Gasteiger partial charge on any atom is 1.00 e. The van der Waals surface area contributed by atoms with Crippen molar-refractivity contribution in [3.8, 4) is 0 Å². The van der Waals surface area contributed by atoms with E-state index in [0.717, 1.165) is 11.3 Å². The Morgan fingerprint density at radius 2 is 2.09 bits per heavy atom. The number of β-lactam (4-membered cyclic amide) rings is 1. The molecule has 0 radical (unpaired) electrons. The number of ketones is 1. The third-order valence-corrected chi connectivity index (χ3v) is 4.49. The van der Waals surface area contributed by atoms with Gasteiger partial charge in [0.05, 0.1) is 6.04 Å². The zero-order valence-corrected chi connectivity index (χ0v) is 16.2. The van der Waals surface area contributed by atoms with Gasteiger partial charge in [0.15, 0.2) is 15.4 Å². The van der Waals surface area contributed by atoms with E-state index < -0.39 is 40.0 Å². The van der Waals surface area contributed by atoms with Gasteiger partial charge in [0.1, 0.15) is 11.7 Å². The molecular formula is C9H9KN4O6S2. The van der Waals surface area contributed by atoms with E-state index in [1.807, 2.05) is 0 Å². The molecule has 0 aromatic carbocycles. The molecule has 3 N–H and O–H groups in total. The number of hydrogen-bond donors (Lipinski definition) is 2. The van der Waals surface area contributed by atoms with Gasteiger partial charge in [0.2, 0.25) is 0 Å². The molecule has 1 aliphatic rings. The summed E-state index contributed by atoms with van der Waals surface area (Å²) in [6.07, 6.45) is 0. The van der Waals surface area contributed by atoms with Gasteiger partial charge in [0.25, 0.3) is 17.6 Å². The average molecular weight is 372 g/mol. The smallest absolute Gasteiger partial charge is 0.731 e. The van der Waals surface area contributed by atoms with E-state index in [1.165, 1.54) is 12.3 Å². The molecule has 0 bridgehead atoms. The molecule has 0 unspecified atom stereocenters. The Balaban J connectivity index is 0.00000242. The molecule has 2 amide bonds. The van der Waals surface area contributed by atoms with Crippen molar-refractivity contribution in [2.75, 3.05) is 5.73 Å². The summed E-state index contributed by atoms with van der Waals surface area (Å²) in [5.74, 6) is -3.23. The van der Waals surface area contributed by atoms with Crippen molar-refractivity contribution in [3.05, 3.63) is 11.1 Å². The first-order valence-corrected chi connectivity index (χ1v) is 7.72. The summed E-state index contributed by atoms with van der Waals surface area (Å²) in [6.45, 7) is 1.26. The van der Waals surface area contributed by atoms with Gasteiger partial charge in [-0.3, -0.25) is 14.4 Å². The second-order valence-corrected chi connectivity index (χ2v) is 6.32. The molecule has 0 aliphatic carbocycles. The van der Waals surface area contributed by atoms with E-state index in [1.54, 1.807) is 0 Å². The number of carbonyl (C=O) groups is 3. The first-order chi connectivity index (χ1) is 9.62. The van der Waals surface area contributed by atoms with Crippen molar-refractivity contribution in [2.24, 2.45) is 0 Å². The number of amides is 2. The summed E-state index contributed by atoms with van der Waals surface area (Å²) in [7, 11) is -4.93. The molecule has 114 valence electrons. The molecule has 1 saturated heterocycles. The third kappa shape index (κ3) is 3.73. The van der Waals surface area contributed by atoms with Crippen LogP contribution in [0.4, 0.5) is 5.13 Å². The van der Waals surface area contributed by atoms with Crippen molar-refractivity contribution >= 4 is 44.4 Å². The minimum absolute atomic E-state index is 0. The second kappa shape index (κ2) is 7.00. The molecule has 1 aliphatic heterocycles. The van der Waals surface area contributed by atoms with Crippen LogP contribution < -0.4 is 62.4 Å². The predicted molar refractivity (Wildman–Crippen MR) is 68.8 cm³/mol. The molecule has 2 heterocycles. The molecule has 1 fully saturated rings. The number of thiazole rings is 1. The van der Waals surface area contributed by atoms with Crippen LogP contribution in [0.1, 0.15) is 17.4 Å². The normalized spacial score (nSPS) is 20.8. The minimum atomic E-state index is -4.93. The van der Waals surface area contributed by atoms with E-state index in [4.69, 9.17) is 5.73 Å². The molecule has 0 saturated carbocycles. The van der Waals surface area contributed by atoms with Crippen LogP contribution in [0.2, 0.25) is 0 Å². The van der Waals surface area contributed by atoms with Crippen LogP contribution in [0.5, 0.6) is 0 Å². The van der Waals surface area contributed by atoms with Gasteiger partial charge < -0.3 is 15.6 Å². The van der Waals surface area contributed by atoms with E-state index in [-0.39, 0.29) is 66.5 Å². The Morgan fingerprint density at radius 1 is 1.50 bits per heavy atom. The number of rotatable bonds is 4. The first kappa shape index (κ1) is 19.6. The number of carbonyl (C=O) groups excluding carboxylic acids is 3. The largest absolute Gasteiger partial charge is 1.00 e. The van der Waals surface area contributed by atoms with E-state index >= 15 is 0 Å². The maximum absolute atomic E-state index is 11.7. The average Bonchev–Trinajstić information content (AvgIpc) is 2.80. The Bertz CT molecular complexity index is 732. The van der Waals surface area contributed by atoms with Crippen molar-refractivity contribution in [3.63, 3.8) is 0 Å². The van der Waals surface area contributed by atoms with Crippen LogP contribution in [0.3, 0.4) is 0 Å². The fourth-order valence-electron chi connectivity index (χ4n) is 1.81. The Morgan fingerprint density at radius 3 is 2.50 bits per heavy atom. The molecule has 0 spiro atoms. The van der Waals surface area contributed by atoms with Gasteiger partial charge in [0, 0.05) is 5.38 Å². The monoisotopic (exact) mass is 372 g/mol. The molecule has 2 rings (SSSR count). The van der Waals surface area contributed by atoms with Crippen LogP contribution in [0.15, 0.2) is 5.38 Å². The number of hydrogen-bond acceptors (Lipinski definition) is 9. The fraction of sp³-hybridized carbons (Fsp3) is 0.333. The summed E-state index contributed by atoms with van der Waals surface area (Å²) in [6, 6.07) is -2.31. The van der Waals surface area contributed by atoms with Crippen LogP contribution >= 0.6 is 11.3 Å². The van der Waals surface area contributed by atoms with Gasteiger partial charge in [-0.2, -0.15) is 0 Å². The number of anilines is 1. The molecular weight excluding hydrogens is 363 g/mol. The van der Waals surface area contributed by atoms with Crippen molar-refractivity contribution < 1.29 is 78.7 Å². The van der Waals surface area contributed by atoms with Crippen LogP contribution in [-0.4, -0.2) is 51.9 Å². The van der Waals surface area contributed by atoms with Crippen molar-refractivity contribution in [1.82, 2.24) is 14.6 Å². The summed E-state index contributed by atoms with van der Waals surface area (Å²) in [4.78, 5) is 38.5. The quantitative estimate of drug-likeness (QED) is 0.175. The van der Waals surface area contributed by atoms with E-state index in [9.17, 15) is 27.4 Å². The summed E-state index contributed by atoms with van der Waals surface area (Å²) >= 11 is 0.964. The number of nitrogens with two attached hydrogens (primary N) is 1. The summed E-state index contributed by atoms with van der Waals surface area (Å²) < 4.78 is 32.4. The first-order valence-electron chi connectivity index (χ1n) is 5.48. The van der Waals surface area contributed by atoms with E-state index in [2.05, 4.69) is 10.3 Å². The van der Waals surface area contributed by atoms with Crippen LogP contribution in [0, 0.1) is 0 Å². The number of nitrogens with one attached hydrogen (secondary N) is 1. The zero-order chi connectivity index (χ0) is 15.9. The molecule has 1 aromatic rings. The molecule has 22 heavy (non-hydrogen) atoms. The molecule has 1 aromatic heterocycles. The van der Waals surface area contributed by atoms with Crippen molar-refractivity contribution in [2.45, 2.75) is 19.0 Å². The Kier molecular flexibility index (Phi) is 6.25. The molecule has 10 nitrogen and oxygen atoms in total. The van der Waals surface area contributed by atoms with Gasteiger partial charge in [-0.05, 0) is 6.92 Å². The number of aromatic nitrogens is 1. The number of nitrogens with zero attached hydrogens (tertiary/aromatic N) is 2. The fourth-order valence-corrected chi connectivity index (χ4v) is 3.21. The SMILES string of the molecule is C[C@H]1[C@H](NC(=O)C(=O)c2csc(N)n2)C(=O)N1S(=O)(=O)[O-].[K+]. The number of Topliss-reactive ketones (excluding diaryl/α,β-unsaturated/α-hetero) is 1. The van der Waals surface area contributed by atoms with Gasteiger partial charge in [-0.15, -0.1) is 11.3 Å². The van der Waals surface area contributed by atoms with Gasteiger partial charge in [-0.1, -0.05) is 0 Å². The van der Waals surface area contributed by atoms with Crippen molar-refractivity contribution in [1.29, 1.82) is 0 Å². The van der Waals surface area contributed by atoms with E-state index in [0.29, 0.717) is 0 Å². The van der Waals surface area contributed by atoms with Gasteiger partial charge in [-0.25, -0.2) is 17.7 Å². The Labute approximate surface area is 171 Å². The summed E-state index contributed by atoms with van der Waals surface area (Å²) in [5.41, 5.74) is 5.15. The topological polar surface area (TPSA) is 163 Å². The molecule has 13 heteroatoms. The molecule has 2 atom stereocenters. The predicted octanol–water partition coefficient (Wildman–Crippen LogP) is -4.91. The van der Waals surface area contributed by atoms with Gasteiger partial charge >= 0.3 is 51.4 Å². The summed E-state index contributed by atoms with van der Waals surface area (Å²) in [5, 5.41) is 3.44. The zero-order valence-electron chi connectivity index (χ0n) is 11.5. The Hall–Kier alpha value is -0.414. The number of nitrogen functional groups attached to an aromatic ring is 1. The standard InChI is InChI=1S/C9H10N4O6S2.K/c1-3-5(8(16)13(3)21(17,18)19)12-7(15)6(14)4-2-20-9(10)11-4;/h2-3,5H,1H3,(H2,10,11)(H,12,15)(H,17,18,19);/q;+1/p-1/t3-,5-;/m0./s1. The maximum atomic E-state index is 11.7. The minimum Gasteiger partial charge on any atom is -0.731 e.